The van der Waals surface area contributed by atoms with E-state index in [2.05, 4.69) is 52.3 Å². The van der Waals surface area contributed by atoms with Gasteiger partial charge in [-0.25, -0.2) is 4.98 Å². The van der Waals surface area contributed by atoms with Crippen molar-refractivity contribution >= 4 is 5.71 Å². The Hall–Kier alpha value is -2.27. The molecular formula is C21H27N5. The molecule has 136 valence electrons. The van der Waals surface area contributed by atoms with E-state index in [-0.39, 0.29) is 6.04 Å². The lowest BCUT2D eigenvalue weighted by molar-refractivity contribution is 0.264. The van der Waals surface area contributed by atoms with Crippen LogP contribution in [-0.4, -0.2) is 32.7 Å². The van der Waals surface area contributed by atoms with Crippen molar-refractivity contribution < 1.29 is 0 Å². The molecular weight excluding hydrogens is 322 g/mol. The maximum atomic E-state index is 5.10. The average Bonchev–Trinajstić information content (AvgIpc) is 3.17. The van der Waals surface area contributed by atoms with E-state index in [1.165, 1.54) is 24.1 Å². The van der Waals surface area contributed by atoms with Gasteiger partial charge in [-0.2, -0.15) is 0 Å². The number of aromatic amines is 1. The average molecular weight is 349 g/mol. The number of dihydropyridines is 1. The molecule has 5 nitrogen and oxygen atoms in total. The summed E-state index contributed by atoms with van der Waals surface area (Å²) in [6.45, 7) is 4.42. The summed E-state index contributed by atoms with van der Waals surface area (Å²) in [5, 5.41) is 3.86. The predicted octanol–water partition coefficient (Wildman–Crippen LogP) is 3.55. The van der Waals surface area contributed by atoms with Gasteiger partial charge < -0.3 is 10.3 Å². The van der Waals surface area contributed by atoms with Crippen molar-refractivity contribution in [1.82, 2.24) is 20.3 Å². The van der Waals surface area contributed by atoms with E-state index in [4.69, 9.17) is 4.99 Å². The second-order valence-electron chi connectivity index (χ2n) is 7.50. The number of imidazole rings is 1. The SMILES string of the molecule is Cc1cccnc1[C@@H]1CCC[C@H](C2N=C(Cc3ncc[nH]3)C=CC2C)N1. The first-order valence-electron chi connectivity index (χ1n) is 9.61. The van der Waals surface area contributed by atoms with Gasteiger partial charge in [-0.05, 0) is 49.8 Å². The van der Waals surface area contributed by atoms with Crippen LogP contribution in [0.3, 0.4) is 0 Å². The molecule has 0 aliphatic carbocycles. The molecule has 2 N–H and O–H groups in total. The molecule has 0 radical (unpaired) electrons. The van der Waals surface area contributed by atoms with Crippen LogP contribution in [0.15, 0.2) is 47.9 Å². The van der Waals surface area contributed by atoms with E-state index in [9.17, 15) is 0 Å². The Kier molecular flexibility index (Phi) is 4.98. The summed E-state index contributed by atoms with van der Waals surface area (Å²) in [5.74, 6) is 1.41. The Bertz CT molecular complexity index is 792. The minimum atomic E-state index is 0.275. The molecule has 1 saturated heterocycles. The molecule has 0 aromatic carbocycles. The van der Waals surface area contributed by atoms with Gasteiger partial charge in [0.15, 0.2) is 0 Å². The standard InChI is InChI=1S/C21H27N5/c1-14-5-4-10-24-20(14)17-6-3-7-18(26-17)21-15(2)8-9-16(25-21)13-19-22-11-12-23-19/h4-5,8-12,15,17-18,21,26H,3,6-7,13H2,1-2H3,(H,22,23)/t15?,17-,18+,21?/m0/s1. The highest BCUT2D eigenvalue weighted by Gasteiger charge is 2.33. The molecule has 26 heavy (non-hydrogen) atoms. The first-order valence-corrected chi connectivity index (χ1v) is 9.61. The van der Waals surface area contributed by atoms with Crippen LogP contribution in [0.5, 0.6) is 0 Å². The number of pyridine rings is 1. The van der Waals surface area contributed by atoms with Crippen LogP contribution in [-0.2, 0) is 6.42 Å². The molecule has 2 aliphatic heterocycles. The molecule has 4 rings (SSSR count). The van der Waals surface area contributed by atoms with Crippen LogP contribution >= 0.6 is 0 Å². The van der Waals surface area contributed by atoms with Crippen molar-refractivity contribution in [3.63, 3.8) is 0 Å². The molecule has 0 saturated carbocycles. The number of piperidine rings is 1. The van der Waals surface area contributed by atoms with Gasteiger partial charge >= 0.3 is 0 Å². The topological polar surface area (TPSA) is 66.0 Å². The first kappa shape index (κ1) is 17.2. The molecule has 5 heteroatoms. The normalized spacial score (nSPS) is 28.8. The Balaban J connectivity index is 1.51. The highest BCUT2D eigenvalue weighted by molar-refractivity contribution is 5.96. The zero-order chi connectivity index (χ0) is 17.9. The van der Waals surface area contributed by atoms with Crippen LogP contribution in [0.2, 0.25) is 0 Å². The van der Waals surface area contributed by atoms with Gasteiger partial charge in [-0.1, -0.05) is 19.1 Å². The van der Waals surface area contributed by atoms with Gasteiger partial charge in [-0.3, -0.25) is 9.98 Å². The van der Waals surface area contributed by atoms with E-state index in [1.807, 2.05) is 18.5 Å². The van der Waals surface area contributed by atoms with Crippen molar-refractivity contribution in [2.24, 2.45) is 10.9 Å². The van der Waals surface area contributed by atoms with Crippen LogP contribution in [0, 0.1) is 12.8 Å². The number of nitrogens with one attached hydrogen (secondary N) is 2. The van der Waals surface area contributed by atoms with Gasteiger partial charge in [0.1, 0.15) is 5.82 Å². The maximum absolute atomic E-state index is 5.10. The summed E-state index contributed by atoms with van der Waals surface area (Å²) in [6, 6.07) is 5.16. The molecule has 2 aliphatic rings. The number of aliphatic imine (C=N–C) groups is 1. The van der Waals surface area contributed by atoms with Gasteiger partial charge in [-0.15, -0.1) is 0 Å². The lowest BCUT2D eigenvalue weighted by atomic mass is 9.84. The van der Waals surface area contributed by atoms with Gasteiger partial charge in [0.2, 0.25) is 0 Å². The van der Waals surface area contributed by atoms with Crippen molar-refractivity contribution in [2.75, 3.05) is 0 Å². The molecule has 4 heterocycles. The summed E-state index contributed by atoms with van der Waals surface area (Å²) < 4.78 is 0. The third-order valence-corrected chi connectivity index (χ3v) is 5.56. The fraction of sp³-hybridized carbons (Fsp3) is 0.476. The first-order chi connectivity index (χ1) is 12.7. The number of allylic oxidation sites excluding steroid dienone is 1. The third kappa shape index (κ3) is 3.63. The molecule has 0 spiro atoms. The largest absolute Gasteiger partial charge is 0.348 e. The second kappa shape index (κ2) is 7.54. The van der Waals surface area contributed by atoms with Gasteiger partial charge in [0.05, 0.1) is 17.8 Å². The predicted molar refractivity (Wildman–Crippen MR) is 104 cm³/mol. The summed E-state index contributed by atoms with van der Waals surface area (Å²) in [7, 11) is 0. The molecule has 2 aromatic heterocycles. The lowest BCUT2D eigenvalue weighted by Gasteiger charge is -2.37. The number of hydrogen-bond donors (Lipinski definition) is 2. The van der Waals surface area contributed by atoms with Crippen LogP contribution < -0.4 is 5.32 Å². The zero-order valence-corrected chi connectivity index (χ0v) is 15.5. The minimum absolute atomic E-state index is 0.275. The number of aryl methyl sites for hydroxylation is 1. The monoisotopic (exact) mass is 349 g/mol. The fourth-order valence-electron chi connectivity index (χ4n) is 4.17. The number of hydrogen-bond acceptors (Lipinski definition) is 4. The summed E-state index contributed by atoms with van der Waals surface area (Å²) >= 11 is 0. The molecule has 1 fully saturated rings. The van der Waals surface area contributed by atoms with E-state index < -0.39 is 0 Å². The smallest absolute Gasteiger partial charge is 0.112 e. The fourth-order valence-corrected chi connectivity index (χ4v) is 4.17. The van der Waals surface area contributed by atoms with E-state index in [0.29, 0.717) is 18.0 Å². The third-order valence-electron chi connectivity index (χ3n) is 5.56. The number of H-pyrrole nitrogens is 1. The van der Waals surface area contributed by atoms with Gasteiger partial charge in [0.25, 0.3) is 0 Å². The van der Waals surface area contributed by atoms with E-state index in [0.717, 1.165) is 24.4 Å². The molecule has 0 bridgehead atoms. The molecule has 2 unspecified atom stereocenters. The van der Waals surface area contributed by atoms with Crippen molar-refractivity contribution in [3.05, 3.63) is 60.0 Å². The Morgan fingerprint density at radius 2 is 2.12 bits per heavy atom. The lowest BCUT2D eigenvalue weighted by Crippen LogP contribution is -2.47. The van der Waals surface area contributed by atoms with E-state index >= 15 is 0 Å². The summed E-state index contributed by atoms with van der Waals surface area (Å²) in [4.78, 5) is 17.2. The van der Waals surface area contributed by atoms with Crippen molar-refractivity contribution in [1.29, 1.82) is 0 Å². The van der Waals surface area contributed by atoms with Crippen LogP contribution in [0.4, 0.5) is 0 Å². The highest BCUT2D eigenvalue weighted by atomic mass is 15.0. The Morgan fingerprint density at radius 3 is 2.92 bits per heavy atom. The van der Waals surface area contributed by atoms with Crippen LogP contribution in [0.1, 0.15) is 49.3 Å². The zero-order valence-electron chi connectivity index (χ0n) is 15.5. The number of nitrogens with zero attached hydrogens (tertiary/aromatic N) is 3. The van der Waals surface area contributed by atoms with Crippen molar-refractivity contribution in [2.45, 2.75) is 57.7 Å². The van der Waals surface area contributed by atoms with Crippen molar-refractivity contribution in [3.8, 4) is 0 Å². The number of aromatic nitrogens is 3. The van der Waals surface area contributed by atoms with Crippen LogP contribution in [0.25, 0.3) is 0 Å². The number of rotatable bonds is 4. The Labute approximate surface area is 155 Å². The molecule has 2 aromatic rings. The van der Waals surface area contributed by atoms with E-state index in [1.54, 1.807) is 6.20 Å². The molecule has 0 amide bonds. The van der Waals surface area contributed by atoms with Gasteiger partial charge in [0, 0.05) is 36.8 Å². The minimum Gasteiger partial charge on any atom is -0.348 e. The second-order valence-corrected chi connectivity index (χ2v) is 7.50. The maximum Gasteiger partial charge on any atom is 0.112 e. The summed E-state index contributed by atoms with van der Waals surface area (Å²) in [5.41, 5.74) is 3.57. The highest BCUT2D eigenvalue weighted by Crippen LogP contribution is 2.31. The summed E-state index contributed by atoms with van der Waals surface area (Å²) in [6.07, 6.45) is 14.3. The quantitative estimate of drug-likeness (QED) is 0.887. The molecule has 4 atom stereocenters. The Morgan fingerprint density at radius 1 is 1.19 bits per heavy atom.